The molecule has 0 fully saturated rings. The number of nitrogens with one attached hydrogen (secondary N) is 1. The zero-order valence-corrected chi connectivity index (χ0v) is 9.35. The van der Waals surface area contributed by atoms with Gasteiger partial charge in [-0.25, -0.2) is 0 Å². The third-order valence-electron chi connectivity index (χ3n) is 1.68. The molecule has 0 aromatic heterocycles. The highest BCUT2D eigenvalue weighted by molar-refractivity contribution is 7.99. The maximum absolute atomic E-state index is 11.2. The number of aliphatic hydroxyl groups excluding tert-OH is 2. The quantitative estimate of drug-likeness (QED) is 0.504. The summed E-state index contributed by atoms with van der Waals surface area (Å²) in [5.74, 6) is 1.25. The van der Waals surface area contributed by atoms with Gasteiger partial charge in [0.2, 0.25) is 5.91 Å². The third-order valence-corrected chi connectivity index (χ3v) is 2.72. The summed E-state index contributed by atoms with van der Waals surface area (Å²) in [6.07, 6.45) is 2.24. The van der Waals surface area contributed by atoms with Crippen LogP contribution in [0.25, 0.3) is 0 Å². The molecule has 0 aliphatic heterocycles. The van der Waals surface area contributed by atoms with Gasteiger partial charge in [0.15, 0.2) is 0 Å². The highest BCUT2D eigenvalue weighted by Crippen LogP contribution is 2.03. The maximum Gasteiger partial charge on any atom is 0.230 e. The number of hydrogen-bond donors (Lipinski definition) is 3. The van der Waals surface area contributed by atoms with Crippen LogP contribution >= 0.6 is 11.8 Å². The molecule has 84 valence electrons. The Balaban J connectivity index is 3.44. The Labute approximate surface area is 89.1 Å². The van der Waals surface area contributed by atoms with Gasteiger partial charge < -0.3 is 15.5 Å². The van der Waals surface area contributed by atoms with Crippen LogP contribution in [0.15, 0.2) is 0 Å². The van der Waals surface area contributed by atoms with Gasteiger partial charge in [-0.3, -0.25) is 4.79 Å². The van der Waals surface area contributed by atoms with Crippen molar-refractivity contribution in [2.24, 2.45) is 0 Å². The first-order valence-electron chi connectivity index (χ1n) is 4.83. The topological polar surface area (TPSA) is 69.6 Å². The van der Waals surface area contributed by atoms with Gasteiger partial charge in [0.05, 0.1) is 25.0 Å². The summed E-state index contributed by atoms with van der Waals surface area (Å²) in [7, 11) is 0. The first-order chi connectivity index (χ1) is 6.74. The molecular weight excluding hydrogens is 202 g/mol. The van der Waals surface area contributed by atoms with Crippen molar-refractivity contribution in [2.75, 3.05) is 24.7 Å². The second-order valence-corrected chi connectivity index (χ2v) is 4.14. The van der Waals surface area contributed by atoms with E-state index in [-0.39, 0.29) is 19.1 Å². The summed E-state index contributed by atoms with van der Waals surface area (Å²) in [4.78, 5) is 11.2. The average Bonchev–Trinajstić information content (AvgIpc) is 2.21. The number of aliphatic hydroxyl groups is 2. The predicted molar refractivity (Wildman–Crippen MR) is 58.3 cm³/mol. The lowest BCUT2D eigenvalue weighted by atomic mass is 10.3. The van der Waals surface area contributed by atoms with Crippen molar-refractivity contribution in [3.63, 3.8) is 0 Å². The Kier molecular flexibility index (Phi) is 9.13. The molecule has 0 saturated carbocycles. The fourth-order valence-corrected chi connectivity index (χ4v) is 1.74. The highest BCUT2D eigenvalue weighted by Gasteiger charge is 2.09. The Morgan fingerprint density at radius 2 is 2.07 bits per heavy atom. The van der Waals surface area contributed by atoms with Crippen LogP contribution < -0.4 is 5.32 Å². The van der Waals surface area contributed by atoms with Gasteiger partial charge in [0.1, 0.15) is 0 Å². The van der Waals surface area contributed by atoms with E-state index >= 15 is 0 Å². The minimum Gasteiger partial charge on any atom is -0.394 e. The number of carbonyl (C=O) groups is 1. The van der Waals surface area contributed by atoms with Crippen LogP contribution in [-0.4, -0.2) is 46.9 Å². The van der Waals surface area contributed by atoms with Crippen LogP contribution in [0.3, 0.4) is 0 Å². The monoisotopic (exact) mass is 221 g/mol. The minimum absolute atomic E-state index is 0.126. The number of thioether (sulfide) groups is 1. The second kappa shape index (κ2) is 9.30. The molecule has 0 unspecified atom stereocenters. The predicted octanol–water partition coefficient (Wildman–Crippen LogP) is -0.0109. The van der Waals surface area contributed by atoms with E-state index < -0.39 is 6.04 Å². The summed E-state index contributed by atoms with van der Waals surface area (Å²) in [6.45, 7) is 1.66. The smallest absolute Gasteiger partial charge is 0.230 e. The molecule has 0 aliphatic rings. The standard InChI is InChI=1S/C9H19NO3S/c1-2-3-4-14-7-9(13)10-8(5-11)6-12/h8,11-12H,2-7H2,1H3,(H,10,13). The van der Waals surface area contributed by atoms with Crippen molar-refractivity contribution in [3.8, 4) is 0 Å². The van der Waals surface area contributed by atoms with Gasteiger partial charge in [-0.15, -0.1) is 0 Å². The largest absolute Gasteiger partial charge is 0.394 e. The maximum atomic E-state index is 11.2. The summed E-state index contributed by atoms with van der Waals surface area (Å²) in [5, 5.41) is 19.9. The normalized spacial score (nSPS) is 10.6. The van der Waals surface area contributed by atoms with Gasteiger partial charge in [-0.1, -0.05) is 13.3 Å². The Bertz CT molecular complexity index is 151. The average molecular weight is 221 g/mol. The molecular formula is C9H19NO3S. The molecule has 0 rings (SSSR count). The van der Waals surface area contributed by atoms with Gasteiger partial charge in [-0.05, 0) is 12.2 Å². The number of hydrogen-bond acceptors (Lipinski definition) is 4. The fourth-order valence-electron chi connectivity index (χ4n) is 0.830. The molecule has 0 radical (unpaired) electrons. The van der Waals surface area contributed by atoms with Crippen LogP contribution in [0.1, 0.15) is 19.8 Å². The van der Waals surface area contributed by atoms with E-state index in [1.807, 2.05) is 0 Å². The zero-order chi connectivity index (χ0) is 10.8. The van der Waals surface area contributed by atoms with Crippen LogP contribution in [-0.2, 0) is 4.79 Å². The van der Waals surface area contributed by atoms with Gasteiger partial charge in [0.25, 0.3) is 0 Å². The van der Waals surface area contributed by atoms with Crippen molar-refractivity contribution in [1.82, 2.24) is 5.32 Å². The molecule has 0 heterocycles. The third kappa shape index (κ3) is 7.17. The minimum atomic E-state index is -0.519. The summed E-state index contributed by atoms with van der Waals surface area (Å²) in [5.41, 5.74) is 0. The lowest BCUT2D eigenvalue weighted by molar-refractivity contribution is -0.119. The highest BCUT2D eigenvalue weighted by atomic mass is 32.2. The Hall–Kier alpha value is -0.260. The first kappa shape index (κ1) is 13.7. The van der Waals surface area contributed by atoms with E-state index in [1.165, 1.54) is 0 Å². The van der Waals surface area contributed by atoms with Crippen LogP contribution in [0.4, 0.5) is 0 Å². The molecule has 4 nitrogen and oxygen atoms in total. The van der Waals surface area contributed by atoms with Crippen LogP contribution in [0.5, 0.6) is 0 Å². The summed E-state index contributed by atoms with van der Waals surface area (Å²) >= 11 is 1.57. The molecule has 0 atom stereocenters. The Morgan fingerprint density at radius 1 is 1.43 bits per heavy atom. The first-order valence-corrected chi connectivity index (χ1v) is 5.98. The van der Waals surface area contributed by atoms with E-state index in [2.05, 4.69) is 12.2 Å². The van der Waals surface area contributed by atoms with E-state index in [9.17, 15) is 4.79 Å². The lowest BCUT2D eigenvalue weighted by Crippen LogP contribution is -2.41. The SMILES string of the molecule is CCCCSCC(=O)NC(CO)CO. The van der Waals surface area contributed by atoms with E-state index in [0.717, 1.165) is 18.6 Å². The van der Waals surface area contributed by atoms with Crippen molar-refractivity contribution in [1.29, 1.82) is 0 Å². The molecule has 0 aliphatic carbocycles. The van der Waals surface area contributed by atoms with Gasteiger partial charge >= 0.3 is 0 Å². The van der Waals surface area contributed by atoms with Crippen molar-refractivity contribution < 1.29 is 15.0 Å². The van der Waals surface area contributed by atoms with Gasteiger partial charge in [-0.2, -0.15) is 11.8 Å². The van der Waals surface area contributed by atoms with E-state index in [4.69, 9.17) is 10.2 Å². The molecule has 3 N–H and O–H groups in total. The molecule has 5 heteroatoms. The van der Waals surface area contributed by atoms with Gasteiger partial charge in [0, 0.05) is 0 Å². The second-order valence-electron chi connectivity index (χ2n) is 3.04. The van der Waals surface area contributed by atoms with Crippen molar-refractivity contribution >= 4 is 17.7 Å². The number of amides is 1. The Morgan fingerprint density at radius 3 is 2.57 bits per heavy atom. The van der Waals surface area contributed by atoms with Crippen LogP contribution in [0.2, 0.25) is 0 Å². The molecule has 0 bridgehead atoms. The van der Waals surface area contributed by atoms with Crippen molar-refractivity contribution in [2.45, 2.75) is 25.8 Å². The van der Waals surface area contributed by atoms with E-state index in [1.54, 1.807) is 11.8 Å². The molecule has 0 aromatic carbocycles. The summed E-state index contributed by atoms with van der Waals surface area (Å²) < 4.78 is 0. The number of carbonyl (C=O) groups excluding carboxylic acids is 1. The molecule has 14 heavy (non-hydrogen) atoms. The fraction of sp³-hybridized carbons (Fsp3) is 0.889. The van der Waals surface area contributed by atoms with Crippen molar-refractivity contribution in [3.05, 3.63) is 0 Å². The number of unbranched alkanes of at least 4 members (excludes halogenated alkanes) is 1. The van der Waals surface area contributed by atoms with E-state index in [0.29, 0.717) is 5.75 Å². The molecule has 0 aromatic rings. The number of rotatable bonds is 8. The zero-order valence-electron chi connectivity index (χ0n) is 8.53. The van der Waals surface area contributed by atoms with Crippen LogP contribution in [0, 0.1) is 0 Å². The molecule has 1 amide bonds. The molecule has 0 saturated heterocycles. The summed E-state index contributed by atoms with van der Waals surface area (Å²) in [6, 6.07) is -0.519. The lowest BCUT2D eigenvalue weighted by Gasteiger charge is -2.12. The molecule has 0 spiro atoms.